The molecule has 0 aromatic rings. The predicted molar refractivity (Wildman–Crippen MR) is 81.4 cm³/mol. The summed E-state index contributed by atoms with van der Waals surface area (Å²) in [7, 11) is -3.68. The number of aliphatic carboxylic acids is 1. The Bertz CT molecular complexity index is 534. The Morgan fingerprint density at radius 2 is 2.22 bits per heavy atom. The molecule has 9 nitrogen and oxygen atoms in total. The molecule has 1 saturated heterocycles. The minimum absolute atomic E-state index is 0.0936. The van der Waals surface area contributed by atoms with Crippen LogP contribution in [-0.4, -0.2) is 93.0 Å². The molecule has 10 heteroatoms. The van der Waals surface area contributed by atoms with E-state index in [4.69, 9.17) is 14.6 Å². The van der Waals surface area contributed by atoms with Crippen LogP contribution in [0.15, 0.2) is 12.7 Å². The van der Waals surface area contributed by atoms with Gasteiger partial charge >= 0.3 is 5.97 Å². The van der Waals surface area contributed by atoms with Crippen molar-refractivity contribution >= 4 is 21.9 Å². The minimum atomic E-state index is -3.68. The van der Waals surface area contributed by atoms with Gasteiger partial charge in [0.1, 0.15) is 13.2 Å². The summed E-state index contributed by atoms with van der Waals surface area (Å²) < 4.78 is 34.6. The van der Waals surface area contributed by atoms with Gasteiger partial charge in [0.05, 0.1) is 25.6 Å². The Labute approximate surface area is 135 Å². The molecule has 132 valence electrons. The molecular formula is C13H22N2O7S. The van der Waals surface area contributed by atoms with E-state index in [2.05, 4.69) is 6.58 Å². The molecule has 0 bridgehead atoms. The molecule has 0 saturated carbocycles. The number of carbonyl (C=O) groups excluding carboxylic acids is 1. The van der Waals surface area contributed by atoms with Gasteiger partial charge in [-0.2, -0.15) is 4.31 Å². The quantitative estimate of drug-likeness (QED) is 0.409. The lowest BCUT2D eigenvalue weighted by molar-refractivity contribution is -0.144. The minimum Gasteiger partial charge on any atom is -0.480 e. The predicted octanol–water partition coefficient (Wildman–Crippen LogP) is -1.24. The van der Waals surface area contributed by atoms with Crippen molar-refractivity contribution < 1.29 is 32.6 Å². The summed E-state index contributed by atoms with van der Waals surface area (Å²) >= 11 is 0. The maximum absolute atomic E-state index is 12.0. The molecule has 0 radical (unpaired) electrons. The molecule has 0 aromatic carbocycles. The fraction of sp³-hybridized carbons (Fsp3) is 0.692. The van der Waals surface area contributed by atoms with Crippen molar-refractivity contribution in [3.8, 4) is 0 Å². The molecule has 1 aliphatic rings. The smallest absolute Gasteiger partial charge is 0.318 e. The first kappa shape index (κ1) is 19.6. The Morgan fingerprint density at radius 3 is 2.78 bits per heavy atom. The van der Waals surface area contributed by atoms with E-state index in [0.29, 0.717) is 6.54 Å². The Hall–Kier alpha value is -1.49. The zero-order chi connectivity index (χ0) is 17.5. The molecule has 23 heavy (non-hydrogen) atoms. The summed E-state index contributed by atoms with van der Waals surface area (Å²) in [5, 5.41) is 8.80. The van der Waals surface area contributed by atoms with E-state index in [1.807, 2.05) is 0 Å². The largest absolute Gasteiger partial charge is 0.480 e. The van der Waals surface area contributed by atoms with Crippen molar-refractivity contribution in [3.63, 3.8) is 0 Å². The molecular weight excluding hydrogens is 328 g/mol. The summed E-state index contributed by atoms with van der Waals surface area (Å²) in [6, 6.07) is 0. The lowest BCUT2D eigenvalue weighted by Gasteiger charge is -2.34. The molecule has 1 heterocycles. The van der Waals surface area contributed by atoms with Crippen molar-refractivity contribution in [1.29, 1.82) is 0 Å². The van der Waals surface area contributed by atoms with Crippen molar-refractivity contribution in [3.05, 3.63) is 12.7 Å². The summed E-state index contributed by atoms with van der Waals surface area (Å²) in [4.78, 5) is 24.3. The van der Waals surface area contributed by atoms with Crippen LogP contribution in [0.25, 0.3) is 0 Å². The van der Waals surface area contributed by atoms with Gasteiger partial charge in [-0.1, -0.05) is 6.08 Å². The van der Waals surface area contributed by atoms with E-state index >= 15 is 0 Å². The second kappa shape index (κ2) is 8.96. The summed E-state index contributed by atoms with van der Waals surface area (Å²) in [5.41, 5.74) is 0. The first-order valence-corrected chi connectivity index (χ1v) is 8.83. The highest BCUT2D eigenvalue weighted by atomic mass is 32.2. The van der Waals surface area contributed by atoms with E-state index < -0.39 is 28.6 Å². The van der Waals surface area contributed by atoms with Crippen LogP contribution in [0.1, 0.15) is 0 Å². The molecule has 1 unspecified atom stereocenters. The van der Waals surface area contributed by atoms with Crippen LogP contribution in [0.5, 0.6) is 0 Å². The van der Waals surface area contributed by atoms with E-state index in [-0.39, 0.29) is 38.8 Å². The number of morpholine rings is 1. The van der Waals surface area contributed by atoms with E-state index in [1.165, 1.54) is 11.0 Å². The second-order valence-electron chi connectivity index (χ2n) is 5.09. The van der Waals surface area contributed by atoms with E-state index in [1.54, 1.807) is 0 Å². The molecule has 0 spiro atoms. The molecule has 1 fully saturated rings. The zero-order valence-corrected chi connectivity index (χ0v) is 13.8. The van der Waals surface area contributed by atoms with Gasteiger partial charge in [-0.15, -0.1) is 6.58 Å². The topological polar surface area (TPSA) is 113 Å². The standard InChI is InChI=1S/C13H22N2O7S/c1-3-5-21-10-12(16)14-4-6-22-11(7-14)8-15(9-13(17)18)23(2,19)20/h3,11H,1,4-10H2,2H3,(H,17,18). The molecule has 1 atom stereocenters. The van der Waals surface area contributed by atoms with Gasteiger partial charge in [0.15, 0.2) is 0 Å². The summed E-state index contributed by atoms with van der Waals surface area (Å²) in [6.07, 6.45) is 1.89. The van der Waals surface area contributed by atoms with Crippen LogP contribution in [0, 0.1) is 0 Å². The summed E-state index contributed by atoms with van der Waals surface area (Å²) in [5.74, 6) is -1.48. The van der Waals surface area contributed by atoms with E-state index in [9.17, 15) is 18.0 Å². The zero-order valence-electron chi connectivity index (χ0n) is 13.0. The third kappa shape index (κ3) is 7.08. The number of hydrogen-bond acceptors (Lipinski definition) is 6. The maximum Gasteiger partial charge on any atom is 0.318 e. The van der Waals surface area contributed by atoms with Gasteiger partial charge in [0.2, 0.25) is 15.9 Å². The lowest BCUT2D eigenvalue weighted by Crippen LogP contribution is -2.51. The normalized spacial score (nSPS) is 18.9. The molecule has 1 amide bonds. The van der Waals surface area contributed by atoms with Gasteiger partial charge in [-0.25, -0.2) is 8.42 Å². The van der Waals surface area contributed by atoms with Crippen LogP contribution in [0.3, 0.4) is 0 Å². The summed E-state index contributed by atoms with van der Waals surface area (Å²) in [6.45, 7) is 3.70. The average Bonchev–Trinajstić information content (AvgIpc) is 2.45. The number of carbonyl (C=O) groups is 2. The van der Waals surface area contributed by atoms with Gasteiger partial charge in [0.25, 0.3) is 0 Å². The van der Waals surface area contributed by atoms with Crippen LogP contribution in [0.2, 0.25) is 0 Å². The van der Waals surface area contributed by atoms with Gasteiger partial charge in [0, 0.05) is 19.6 Å². The van der Waals surface area contributed by atoms with Crippen molar-refractivity contribution in [2.45, 2.75) is 6.10 Å². The van der Waals surface area contributed by atoms with Gasteiger partial charge < -0.3 is 19.5 Å². The highest BCUT2D eigenvalue weighted by Gasteiger charge is 2.29. The number of amides is 1. The Balaban J connectivity index is 2.60. The number of carboxylic acid groups (broad SMARTS) is 1. The fourth-order valence-electron chi connectivity index (χ4n) is 2.07. The van der Waals surface area contributed by atoms with Crippen LogP contribution >= 0.6 is 0 Å². The third-order valence-electron chi connectivity index (χ3n) is 3.14. The highest BCUT2D eigenvalue weighted by Crippen LogP contribution is 2.10. The van der Waals surface area contributed by atoms with Crippen molar-refractivity contribution in [2.75, 3.05) is 52.3 Å². The number of ether oxygens (including phenoxy) is 2. The Morgan fingerprint density at radius 1 is 1.52 bits per heavy atom. The second-order valence-corrected chi connectivity index (χ2v) is 7.07. The Kier molecular flexibility index (Phi) is 7.62. The van der Waals surface area contributed by atoms with Crippen LogP contribution in [0.4, 0.5) is 0 Å². The molecule has 0 aromatic heterocycles. The van der Waals surface area contributed by atoms with Gasteiger partial charge in [-0.05, 0) is 0 Å². The molecule has 1 aliphatic heterocycles. The average molecular weight is 350 g/mol. The molecule has 1 N–H and O–H groups in total. The number of sulfonamides is 1. The SMILES string of the molecule is C=CCOCC(=O)N1CCOC(CN(CC(=O)O)S(C)(=O)=O)C1. The van der Waals surface area contributed by atoms with Gasteiger partial charge in [-0.3, -0.25) is 9.59 Å². The first-order chi connectivity index (χ1) is 10.7. The highest BCUT2D eigenvalue weighted by molar-refractivity contribution is 7.88. The van der Waals surface area contributed by atoms with Crippen molar-refractivity contribution in [2.24, 2.45) is 0 Å². The van der Waals surface area contributed by atoms with Crippen molar-refractivity contribution in [1.82, 2.24) is 9.21 Å². The number of hydrogen-bond donors (Lipinski definition) is 1. The van der Waals surface area contributed by atoms with Crippen LogP contribution < -0.4 is 0 Å². The first-order valence-electron chi connectivity index (χ1n) is 6.99. The fourth-order valence-corrected chi connectivity index (χ4v) is 2.85. The van der Waals surface area contributed by atoms with Crippen LogP contribution in [-0.2, 0) is 29.1 Å². The number of nitrogens with zero attached hydrogens (tertiary/aromatic N) is 2. The van der Waals surface area contributed by atoms with E-state index in [0.717, 1.165) is 10.6 Å². The maximum atomic E-state index is 12.0. The molecule has 1 rings (SSSR count). The number of rotatable bonds is 9. The molecule has 0 aliphatic carbocycles. The third-order valence-corrected chi connectivity index (χ3v) is 4.36. The lowest BCUT2D eigenvalue weighted by atomic mass is 10.2. The number of carboxylic acids is 1. The monoisotopic (exact) mass is 350 g/mol.